The number of aromatic nitrogens is 1. The maximum Gasteiger partial charge on any atom is 0.321 e. The molecule has 1 aromatic heterocycles. The van der Waals surface area contributed by atoms with E-state index in [0.717, 1.165) is 33.5 Å². The molecule has 9 heteroatoms. The molecule has 6 rings (SSSR count). The smallest absolute Gasteiger partial charge is 0.321 e. The van der Waals surface area contributed by atoms with Gasteiger partial charge in [0.1, 0.15) is 11.5 Å². The van der Waals surface area contributed by atoms with Crippen molar-refractivity contribution in [1.29, 1.82) is 0 Å². The summed E-state index contributed by atoms with van der Waals surface area (Å²) in [5.74, 6) is 0.656. The van der Waals surface area contributed by atoms with Crippen molar-refractivity contribution >= 4 is 28.5 Å². The van der Waals surface area contributed by atoms with E-state index in [0.29, 0.717) is 30.8 Å². The number of aliphatic hydroxyl groups is 1. The molecule has 3 N–H and O–H groups in total. The number of benzene rings is 3. The van der Waals surface area contributed by atoms with Gasteiger partial charge in [-0.05, 0) is 85.0 Å². The Hall–Kier alpha value is -4.50. The van der Waals surface area contributed by atoms with Crippen LogP contribution in [-0.4, -0.2) is 71.8 Å². The Bertz CT molecular complexity index is 1610. The molecule has 3 aromatic carbocycles. The number of rotatable bonds is 6. The zero-order chi connectivity index (χ0) is 29.5. The normalized spacial score (nSPS) is 20.5. The first-order valence-corrected chi connectivity index (χ1v) is 14.2. The number of methoxy groups -OCH3 is 2. The third-order valence-electron chi connectivity index (χ3n) is 8.80. The largest absolute Gasteiger partial charge is 0.497 e. The van der Waals surface area contributed by atoms with E-state index in [1.807, 2.05) is 29.2 Å². The van der Waals surface area contributed by atoms with Crippen LogP contribution in [0.25, 0.3) is 22.0 Å². The second-order valence-corrected chi connectivity index (χ2v) is 11.1. The monoisotopic (exact) mass is 568 g/mol. The number of hydrogen-bond acceptors (Lipinski definition) is 5. The van der Waals surface area contributed by atoms with Gasteiger partial charge in [0.05, 0.1) is 32.3 Å². The molecule has 1 fully saturated rings. The topological polar surface area (TPSA) is 107 Å². The zero-order valence-corrected chi connectivity index (χ0v) is 24.3. The molecule has 0 spiro atoms. The standard InChI is InChI=1S/C33H36N4O5/c1-19(38)30-28(36(2)33(40)34-22-8-12-24(42-4)13-9-22)18-29-31-25(15-16-37(29)32(30)39)26-17-21(7-14-27(26)35-31)20-5-10-23(41-3)11-6-20/h5-14,17,19,28-30,35,38H,15-16,18H2,1-4H3,(H,34,40)/t19-,28-,29-,30-/m0/s1. The number of urea groups is 1. The molecule has 42 heavy (non-hydrogen) atoms. The number of piperidine rings is 1. The minimum absolute atomic E-state index is 0.126. The molecule has 2 aliphatic rings. The number of H-pyrrole nitrogens is 1. The zero-order valence-electron chi connectivity index (χ0n) is 24.3. The maximum atomic E-state index is 13.9. The van der Waals surface area contributed by atoms with Crippen molar-refractivity contribution in [3.63, 3.8) is 0 Å². The van der Waals surface area contributed by atoms with Crippen LogP contribution in [0.2, 0.25) is 0 Å². The lowest BCUT2D eigenvalue weighted by Gasteiger charge is -2.48. The molecule has 0 saturated carbocycles. The molecular formula is C33H36N4O5. The van der Waals surface area contributed by atoms with Gasteiger partial charge in [-0.1, -0.05) is 18.2 Å². The van der Waals surface area contributed by atoms with Gasteiger partial charge in [-0.2, -0.15) is 0 Å². The van der Waals surface area contributed by atoms with Crippen molar-refractivity contribution in [2.75, 3.05) is 33.1 Å². The first-order valence-electron chi connectivity index (χ1n) is 14.2. The Balaban J connectivity index is 1.30. The van der Waals surface area contributed by atoms with Crippen molar-refractivity contribution in [3.05, 3.63) is 78.0 Å². The van der Waals surface area contributed by atoms with Crippen LogP contribution in [-0.2, 0) is 11.2 Å². The molecule has 2 aliphatic heterocycles. The molecule has 0 unspecified atom stereocenters. The number of aromatic amines is 1. The van der Waals surface area contributed by atoms with E-state index in [1.54, 1.807) is 57.4 Å². The van der Waals surface area contributed by atoms with Crippen molar-refractivity contribution < 1.29 is 24.2 Å². The fourth-order valence-electron chi connectivity index (χ4n) is 6.53. The summed E-state index contributed by atoms with van der Waals surface area (Å²) in [5, 5.41) is 14.8. The number of aliphatic hydroxyl groups excluding tert-OH is 1. The lowest BCUT2D eigenvalue weighted by molar-refractivity contribution is -0.151. The first-order chi connectivity index (χ1) is 20.3. The molecule has 0 radical (unpaired) electrons. The van der Waals surface area contributed by atoms with Crippen LogP contribution in [0, 0.1) is 5.92 Å². The summed E-state index contributed by atoms with van der Waals surface area (Å²) in [7, 11) is 4.94. The van der Waals surface area contributed by atoms with E-state index in [1.165, 1.54) is 5.56 Å². The van der Waals surface area contributed by atoms with Crippen molar-refractivity contribution in [2.24, 2.45) is 5.92 Å². The summed E-state index contributed by atoms with van der Waals surface area (Å²) >= 11 is 0. The number of carbonyl (C=O) groups is 2. The third-order valence-corrected chi connectivity index (χ3v) is 8.80. The highest BCUT2D eigenvalue weighted by molar-refractivity contribution is 5.92. The van der Waals surface area contributed by atoms with Crippen LogP contribution >= 0.6 is 0 Å². The number of carbonyl (C=O) groups excluding carboxylic acids is 2. The summed E-state index contributed by atoms with van der Waals surface area (Å²) in [5.41, 5.74) is 6.06. The quantitative estimate of drug-likeness (QED) is 0.296. The second-order valence-electron chi connectivity index (χ2n) is 11.1. The highest BCUT2D eigenvalue weighted by Crippen LogP contribution is 2.44. The van der Waals surface area contributed by atoms with Gasteiger partial charge in [0, 0.05) is 41.9 Å². The summed E-state index contributed by atoms with van der Waals surface area (Å²) in [6.45, 7) is 2.19. The molecular weight excluding hydrogens is 532 g/mol. The molecule has 0 bridgehead atoms. The maximum absolute atomic E-state index is 13.9. The lowest BCUT2D eigenvalue weighted by Crippen LogP contribution is -2.60. The average Bonchev–Trinajstić information content (AvgIpc) is 3.39. The van der Waals surface area contributed by atoms with E-state index >= 15 is 0 Å². The van der Waals surface area contributed by atoms with Gasteiger partial charge in [-0.3, -0.25) is 4.79 Å². The second kappa shape index (κ2) is 11.1. The fraction of sp³-hybridized carbons (Fsp3) is 0.333. The number of anilines is 1. The van der Waals surface area contributed by atoms with Crippen LogP contribution in [0.5, 0.6) is 11.5 Å². The molecule has 4 aromatic rings. The highest BCUT2D eigenvalue weighted by atomic mass is 16.5. The van der Waals surface area contributed by atoms with Gasteiger partial charge in [0.2, 0.25) is 5.91 Å². The number of ether oxygens (including phenoxy) is 2. The minimum Gasteiger partial charge on any atom is -0.497 e. The van der Waals surface area contributed by atoms with E-state index in [9.17, 15) is 14.7 Å². The predicted octanol–water partition coefficient (Wildman–Crippen LogP) is 5.21. The van der Waals surface area contributed by atoms with E-state index in [-0.39, 0.29) is 18.0 Å². The van der Waals surface area contributed by atoms with Crippen molar-refractivity contribution in [3.8, 4) is 22.6 Å². The SMILES string of the molecule is COc1ccc(NC(=O)N(C)[C@H]2C[C@H]3c4[nH]c5ccc(-c6ccc(OC)cc6)cc5c4CCN3C(=O)[C@H]2[C@H](C)O)cc1. The molecule has 9 nitrogen and oxygen atoms in total. The van der Waals surface area contributed by atoms with E-state index in [2.05, 4.69) is 28.5 Å². The van der Waals surface area contributed by atoms with Gasteiger partial charge in [0.15, 0.2) is 0 Å². The first kappa shape index (κ1) is 27.7. The summed E-state index contributed by atoms with van der Waals surface area (Å²) < 4.78 is 10.5. The summed E-state index contributed by atoms with van der Waals surface area (Å²) in [6, 6.07) is 20.4. The summed E-state index contributed by atoms with van der Waals surface area (Å²) in [4.78, 5) is 34.3. The van der Waals surface area contributed by atoms with Crippen molar-refractivity contribution in [1.82, 2.24) is 14.8 Å². The number of fused-ring (bicyclic) bond motifs is 5. The van der Waals surface area contributed by atoms with Gasteiger partial charge in [-0.15, -0.1) is 0 Å². The number of nitrogens with zero attached hydrogens (tertiary/aromatic N) is 2. The van der Waals surface area contributed by atoms with E-state index < -0.39 is 18.1 Å². The van der Waals surface area contributed by atoms with Gasteiger partial charge < -0.3 is 34.7 Å². The van der Waals surface area contributed by atoms with Crippen LogP contribution in [0.15, 0.2) is 66.7 Å². The molecule has 1 saturated heterocycles. The highest BCUT2D eigenvalue weighted by Gasteiger charge is 2.49. The third kappa shape index (κ3) is 4.83. The van der Waals surface area contributed by atoms with Crippen LogP contribution in [0.1, 0.15) is 30.6 Å². The van der Waals surface area contributed by atoms with Crippen LogP contribution in [0.4, 0.5) is 10.5 Å². The summed E-state index contributed by atoms with van der Waals surface area (Å²) in [6.07, 6.45) is 0.323. The fourth-order valence-corrected chi connectivity index (χ4v) is 6.53. The molecule has 218 valence electrons. The van der Waals surface area contributed by atoms with Crippen molar-refractivity contribution in [2.45, 2.75) is 38.0 Å². The van der Waals surface area contributed by atoms with Crippen LogP contribution < -0.4 is 14.8 Å². The van der Waals surface area contributed by atoms with Crippen LogP contribution in [0.3, 0.4) is 0 Å². The number of hydrogen-bond donors (Lipinski definition) is 3. The van der Waals surface area contributed by atoms with E-state index in [4.69, 9.17) is 9.47 Å². The van der Waals surface area contributed by atoms with Gasteiger partial charge in [-0.25, -0.2) is 4.79 Å². The molecule has 0 aliphatic carbocycles. The minimum atomic E-state index is -0.907. The van der Waals surface area contributed by atoms with Gasteiger partial charge >= 0.3 is 6.03 Å². The predicted molar refractivity (Wildman–Crippen MR) is 162 cm³/mol. The molecule has 3 heterocycles. The van der Waals surface area contributed by atoms with Gasteiger partial charge in [0.25, 0.3) is 0 Å². The molecule has 4 atom stereocenters. The Morgan fingerprint density at radius 3 is 2.31 bits per heavy atom. The Morgan fingerprint density at radius 1 is 1.02 bits per heavy atom. The number of nitrogens with one attached hydrogen (secondary N) is 2. The Morgan fingerprint density at radius 2 is 1.67 bits per heavy atom. The average molecular weight is 569 g/mol. The molecule has 3 amide bonds. The lowest BCUT2D eigenvalue weighted by atomic mass is 9.79. The Labute approximate surface area is 245 Å². The number of amides is 3. The Kier molecular flexibility index (Phi) is 7.28.